The minimum Gasteiger partial charge on any atom is -0.397 e. The van der Waals surface area contributed by atoms with Crippen LogP contribution in [0.1, 0.15) is 19.3 Å². The predicted octanol–water partition coefficient (Wildman–Crippen LogP) is 2.08. The van der Waals surface area contributed by atoms with E-state index in [0.717, 1.165) is 18.8 Å². The van der Waals surface area contributed by atoms with E-state index in [1.807, 2.05) is 0 Å². The minimum absolute atomic E-state index is 0.258. The monoisotopic (exact) mass is 249 g/mol. The molecule has 1 unspecified atom stereocenters. The Hall–Kier alpha value is -1.29. The number of nitrogen functional groups attached to an aromatic ring is 1. The lowest BCUT2D eigenvalue weighted by atomic mass is 10.2. The zero-order valence-corrected chi connectivity index (χ0v) is 10.6. The molecule has 4 heteroatoms. The lowest BCUT2D eigenvalue weighted by Crippen LogP contribution is -2.35. The van der Waals surface area contributed by atoms with Gasteiger partial charge in [-0.1, -0.05) is 0 Å². The molecule has 2 aliphatic rings. The fraction of sp³-hybridized carbons (Fsp3) is 0.571. The van der Waals surface area contributed by atoms with Crippen LogP contribution >= 0.6 is 0 Å². The van der Waals surface area contributed by atoms with Gasteiger partial charge in [0.2, 0.25) is 0 Å². The number of rotatable bonds is 2. The van der Waals surface area contributed by atoms with Crippen LogP contribution in [0.3, 0.4) is 0 Å². The fourth-order valence-corrected chi connectivity index (χ4v) is 3.18. The molecule has 0 spiro atoms. The number of benzene rings is 1. The molecule has 1 aromatic carbocycles. The number of likely N-dealkylation sites (tertiary alicyclic amines) is 1. The van der Waals surface area contributed by atoms with Crippen LogP contribution in [0.25, 0.3) is 0 Å². The Morgan fingerprint density at radius 3 is 2.67 bits per heavy atom. The van der Waals surface area contributed by atoms with E-state index in [0.29, 0.717) is 11.7 Å². The van der Waals surface area contributed by atoms with Crippen molar-refractivity contribution in [2.24, 2.45) is 0 Å². The van der Waals surface area contributed by atoms with Crippen LogP contribution in [0, 0.1) is 5.82 Å². The van der Waals surface area contributed by atoms with Crippen LogP contribution in [0.2, 0.25) is 0 Å². The molecule has 2 fully saturated rings. The molecule has 0 saturated carbocycles. The summed E-state index contributed by atoms with van der Waals surface area (Å²) in [6.07, 6.45) is 3.85. The summed E-state index contributed by atoms with van der Waals surface area (Å²) < 4.78 is 13.1. The maximum Gasteiger partial charge on any atom is 0.125 e. The van der Waals surface area contributed by atoms with Gasteiger partial charge < -0.3 is 10.6 Å². The van der Waals surface area contributed by atoms with Crippen molar-refractivity contribution >= 4 is 11.4 Å². The average Bonchev–Trinajstić information content (AvgIpc) is 2.99. The second-order valence-electron chi connectivity index (χ2n) is 5.33. The van der Waals surface area contributed by atoms with Gasteiger partial charge in [-0.25, -0.2) is 4.39 Å². The van der Waals surface area contributed by atoms with Crippen molar-refractivity contribution in [1.29, 1.82) is 0 Å². The van der Waals surface area contributed by atoms with Gasteiger partial charge in [0.1, 0.15) is 5.82 Å². The molecule has 2 aliphatic heterocycles. The maximum absolute atomic E-state index is 13.1. The third-order valence-corrected chi connectivity index (χ3v) is 4.15. The highest BCUT2D eigenvalue weighted by atomic mass is 19.1. The molecular weight excluding hydrogens is 229 g/mol. The highest BCUT2D eigenvalue weighted by Gasteiger charge is 2.29. The zero-order valence-electron chi connectivity index (χ0n) is 10.6. The standard InChI is InChI=1S/C14H20FN3/c15-11-3-4-14(13(16)9-11)18-8-5-12(10-18)17-6-1-2-7-17/h3-4,9,12H,1-2,5-8,10,16H2. The molecule has 1 aromatic rings. The van der Waals surface area contributed by atoms with E-state index in [-0.39, 0.29) is 5.82 Å². The van der Waals surface area contributed by atoms with Crippen LogP contribution in [0.4, 0.5) is 15.8 Å². The molecule has 2 heterocycles. The molecule has 1 atom stereocenters. The van der Waals surface area contributed by atoms with Gasteiger partial charge in [0.15, 0.2) is 0 Å². The number of nitrogens with two attached hydrogens (primary N) is 1. The summed E-state index contributed by atoms with van der Waals surface area (Å²) in [5.74, 6) is -0.258. The van der Waals surface area contributed by atoms with Gasteiger partial charge in [-0.3, -0.25) is 4.90 Å². The zero-order chi connectivity index (χ0) is 12.5. The summed E-state index contributed by atoms with van der Waals surface area (Å²) in [7, 11) is 0. The second-order valence-corrected chi connectivity index (χ2v) is 5.33. The Morgan fingerprint density at radius 2 is 1.94 bits per heavy atom. The van der Waals surface area contributed by atoms with E-state index in [4.69, 9.17) is 5.73 Å². The molecule has 98 valence electrons. The van der Waals surface area contributed by atoms with Crippen molar-refractivity contribution in [3.63, 3.8) is 0 Å². The quantitative estimate of drug-likeness (QED) is 0.815. The van der Waals surface area contributed by atoms with Gasteiger partial charge in [0, 0.05) is 19.1 Å². The van der Waals surface area contributed by atoms with Gasteiger partial charge in [0.25, 0.3) is 0 Å². The summed E-state index contributed by atoms with van der Waals surface area (Å²) in [5.41, 5.74) is 7.44. The molecule has 2 saturated heterocycles. The average molecular weight is 249 g/mol. The van der Waals surface area contributed by atoms with E-state index in [1.54, 1.807) is 6.07 Å². The third-order valence-electron chi connectivity index (χ3n) is 4.15. The first-order valence-corrected chi connectivity index (χ1v) is 6.78. The van der Waals surface area contributed by atoms with Crippen molar-refractivity contribution in [3.8, 4) is 0 Å². The summed E-state index contributed by atoms with van der Waals surface area (Å²) >= 11 is 0. The van der Waals surface area contributed by atoms with Crippen LogP contribution < -0.4 is 10.6 Å². The van der Waals surface area contributed by atoms with Crippen molar-refractivity contribution in [1.82, 2.24) is 4.90 Å². The van der Waals surface area contributed by atoms with Crippen molar-refractivity contribution < 1.29 is 4.39 Å². The Kier molecular flexibility index (Phi) is 3.12. The SMILES string of the molecule is Nc1cc(F)ccc1N1CCC(N2CCCC2)C1. The molecule has 0 amide bonds. The number of hydrogen-bond acceptors (Lipinski definition) is 3. The lowest BCUT2D eigenvalue weighted by molar-refractivity contribution is 0.260. The third kappa shape index (κ3) is 2.17. The number of nitrogens with zero attached hydrogens (tertiary/aromatic N) is 2. The molecule has 3 nitrogen and oxygen atoms in total. The van der Waals surface area contributed by atoms with Crippen LogP contribution in [-0.4, -0.2) is 37.1 Å². The second kappa shape index (κ2) is 4.76. The Bertz CT molecular complexity index is 429. The summed E-state index contributed by atoms with van der Waals surface area (Å²) in [6, 6.07) is 5.36. The Morgan fingerprint density at radius 1 is 1.17 bits per heavy atom. The Labute approximate surface area is 107 Å². The normalized spacial score (nSPS) is 24.9. The van der Waals surface area contributed by atoms with E-state index >= 15 is 0 Å². The molecule has 2 N–H and O–H groups in total. The van der Waals surface area contributed by atoms with Gasteiger partial charge >= 0.3 is 0 Å². The van der Waals surface area contributed by atoms with E-state index < -0.39 is 0 Å². The highest BCUT2D eigenvalue weighted by Crippen LogP contribution is 2.29. The molecule has 0 bridgehead atoms. The van der Waals surface area contributed by atoms with Crippen molar-refractivity contribution in [2.45, 2.75) is 25.3 Å². The molecule has 18 heavy (non-hydrogen) atoms. The van der Waals surface area contributed by atoms with Crippen LogP contribution in [-0.2, 0) is 0 Å². The first-order valence-electron chi connectivity index (χ1n) is 6.78. The molecule has 3 rings (SSSR count). The topological polar surface area (TPSA) is 32.5 Å². The maximum atomic E-state index is 13.1. The van der Waals surface area contributed by atoms with Gasteiger partial charge in [-0.2, -0.15) is 0 Å². The Balaban J connectivity index is 1.71. The van der Waals surface area contributed by atoms with Crippen LogP contribution in [0.15, 0.2) is 18.2 Å². The summed E-state index contributed by atoms with van der Waals surface area (Å²) in [4.78, 5) is 4.87. The highest BCUT2D eigenvalue weighted by molar-refractivity contribution is 5.68. The van der Waals surface area contributed by atoms with Crippen molar-refractivity contribution in [2.75, 3.05) is 36.8 Å². The summed E-state index contributed by atoms with van der Waals surface area (Å²) in [6.45, 7) is 4.52. The number of hydrogen-bond donors (Lipinski definition) is 1. The predicted molar refractivity (Wildman–Crippen MR) is 72.2 cm³/mol. The molecule has 0 aromatic heterocycles. The number of anilines is 2. The minimum atomic E-state index is -0.258. The number of halogens is 1. The van der Waals surface area contributed by atoms with Crippen molar-refractivity contribution in [3.05, 3.63) is 24.0 Å². The first kappa shape index (κ1) is 11.8. The fourth-order valence-electron chi connectivity index (χ4n) is 3.18. The van der Waals surface area contributed by atoms with Gasteiger partial charge in [-0.05, 0) is 50.6 Å². The smallest absolute Gasteiger partial charge is 0.125 e. The van der Waals surface area contributed by atoms with E-state index in [1.165, 1.54) is 44.5 Å². The first-order chi connectivity index (χ1) is 8.74. The van der Waals surface area contributed by atoms with E-state index in [9.17, 15) is 4.39 Å². The van der Waals surface area contributed by atoms with Crippen LogP contribution in [0.5, 0.6) is 0 Å². The lowest BCUT2D eigenvalue weighted by Gasteiger charge is -2.25. The largest absolute Gasteiger partial charge is 0.397 e. The molecule has 0 aliphatic carbocycles. The van der Waals surface area contributed by atoms with Gasteiger partial charge in [-0.15, -0.1) is 0 Å². The van der Waals surface area contributed by atoms with E-state index in [2.05, 4.69) is 9.80 Å². The summed E-state index contributed by atoms with van der Waals surface area (Å²) in [5, 5.41) is 0. The molecule has 0 radical (unpaired) electrons. The molecular formula is C14H20FN3. The van der Waals surface area contributed by atoms with Gasteiger partial charge in [0.05, 0.1) is 11.4 Å².